The summed E-state index contributed by atoms with van der Waals surface area (Å²) in [5.74, 6) is 2.72. The molecule has 3 aliphatic heterocycles. The van der Waals surface area contributed by atoms with E-state index in [-0.39, 0.29) is 48.2 Å². The van der Waals surface area contributed by atoms with Crippen LogP contribution in [0.15, 0.2) is 182 Å². The van der Waals surface area contributed by atoms with Crippen molar-refractivity contribution in [1.82, 2.24) is 60.0 Å². The molecule has 7 N–H and O–H groups in total. The van der Waals surface area contributed by atoms with Gasteiger partial charge in [0.1, 0.15) is 29.6 Å². The number of phenolic OH excluding ortho intramolecular Hbond substituents is 3. The number of phenols is 3. The molecule has 3 aliphatic rings. The van der Waals surface area contributed by atoms with Gasteiger partial charge in [-0.2, -0.15) is 4.31 Å². The molecule has 512 valence electrons. The normalized spacial score (nSPS) is 17.0. The number of rotatable bonds is 32. The summed E-state index contributed by atoms with van der Waals surface area (Å²) in [7, 11) is -3.50. The maximum absolute atomic E-state index is 13.3. The van der Waals surface area contributed by atoms with Gasteiger partial charge in [0.05, 0.1) is 23.3 Å². The second-order valence-corrected chi connectivity index (χ2v) is 28.2. The molecule has 3 fully saturated rings. The molecule has 3 aromatic heterocycles. The lowest BCUT2D eigenvalue weighted by atomic mass is 10.0. The Bertz CT molecular complexity index is 4150. The Labute approximate surface area is 577 Å². The number of hydrogen-bond acceptors (Lipinski definition) is 19. The zero-order valence-corrected chi connectivity index (χ0v) is 57.4. The third-order valence-electron chi connectivity index (χ3n) is 19.2. The molecule has 21 heteroatoms. The molecular formula is C77H93N15O5S. The van der Waals surface area contributed by atoms with Crippen LogP contribution >= 0.6 is 0 Å². The van der Waals surface area contributed by atoms with Crippen molar-refractivity contribution in [2.75, 3.05) is 99.9 Å². The number of nitrogens with zero attached hydrogens (tertiary/aromatic N) is 11. The van der Waals surface area contributed by atoms with Crippen molar-refractivity contribution in [1.29, 1.82) is 0 Å². The lowest BCUT2D eigenvalue weighted by molar-refractivity contribution is 0.172. The van der Waals surface area contributed by atoms with Crippen molar-refractivity contribution >= 4 is 27.9 Å². The minimum Gasteiger partial charge on any atom is -0.508 e. The van der Waals surface area contributed by atoms with Gasteiger partial charge in [-0.15, -0.1) is 0 Å². The molecular weight excluding hydrogens is 1250 g/mol. The fraction of sp³-hybridized carbons (Fsp3) is 0.377. The van der Waals surface area contributed by atoms with E-state index in [4.69, 9.17) is 24.9 Å². The summed E-state index contributed by atoms with van der Waals surface area (Å²) in [6, 6.07) is 53.8. The van der Waals surface area contributed by atoms with Crippen molar-refractivity contribution in [3.05, 3.63) is 216 Å². The minimum atomic E-state index is -3.50. The monoisotopic (exact) mass is 1340 g/mol. The standard InChI is InChI=1S/C77H93N15O5S/c1-4-88(51-59-30-39-78-50-59)73(63-17-8-15-61(48-63)70-32-41-82-75(85-70)81-40-31-57-12-7-21-69(95)47-57)91(44-35-55-22-26-67(93)27-23-55)77-84-43-34-72(87-77)62-16-9-18-64(49-62)74(89(5-2)53-65-19-10-37-79-65)92(45-36-56-24-28-68(94)29-25-56)76-83-42-33-71(86-76)60-14-6-13-58(46-60)52-90(98(3,96)97)54-66-20-11-38-80-66/h6-9,12-18,21-29,32-34,41-43,46-49,59,65-66,73-74,78-80,93-95H,4-5,10-11,19-20,30-31,35-40,44-45,50-54H2,1-3H3,(H,81,82,85)/t59-,65+,66-,73?,74?/m0/s1. The Morgan fingerprint density at radius 3 is 1.57 bits per heavy atom. The number of aromatic nitrogens is 6. The molecule has 0 spiro atoms. The quantitative estimate of drug-likeness (QED) is 0.0194. The molecule has 5 atom stereocenters. The smallest absolute Gasteiger partial charge is 0.227 e. The van der Waals surface area contributed by atoms with E-state index in [0.29, 0.717) is 74.9 Å². The minimum absolute atomic E-state index is 0.114. The highest BCUT2D eigenvalue weighted by molar-refractivity contribution is 7.88. The third-order valence-corrected chi connectivity index (χ3v) is 20.4. The van der Waals surface area contributed by atoms with Gasteiger partial charge in [-0.05, 0) is 203 Å². The van der Waals surface area contributed by atoms with Crippen molar-refractivity contribution < 1.29 is 23.7 Å². The number of likely N-dealkylation sites (N-methyl/N-ethyl adjacent to an activating group) is 1. The van der Waals surface area contributed by atoms with Gasteiger partial charge in [0.2, 0.25) is 27.9 Å². The van der Waals surface area contributed by atoms with Crippen LogP contribution in [0.5, 0.6) is 17.2 Å². The largest absolute Gasteiger partial charge is 0.508 e. The van der Waals surface area contributed by atoms with Crippen LogP contribution in [0, 0.1) is 5.92 Å². The van der Waals surface area contributed by atoms with Crippen molar-refractivity contribution in [2.45, 2.75) is 96.2 Å². The lowest BCUT2D eigenvalue weighted by Gasteiger charge is -2.41. The van der Waals surface area contributed by atoms with Gasteiger partial charge < -0.3 is 46.4 Å². The summed E-state index contributed by atoms with van der Waals surface area (Å²) < 4.78 is 28.1. The number of nitrogens with one attached hydrogen (secondary N) is 4. The summed E-state index contributed by atoms with van der Waals surface area (Å²) in [6.07, 6.45) is 13.2. The van der Waals surface area contributed by atoms with E-state index in [0.717, 1.165) is 146 Å². The van der Waals surface area contributed by atoms with Gasteiger partial charge in [-0.1, -0.05) is 105 Å². The van der Waals surface area contributed by atoms with E-state index in [2.05, 4.69) is 108 Å². The van der Waals surface area contributed by atoms with Crippen molar-refractivity contribution in [3.63, 3.8) is 0 Å². The molecule has 98 heavy (non-hydrogen) atoms. The zero-order valence-electron chi connectivity index (χ0n) is 56.5. The SMILES string of the molecule is CCN(C[C@H]1CCNC1)C(c1cccc(-c2ccnc(NCCc3cccc(O)c3)n2)c1)N(CCc1ccc(O)cc1)c1nccc(-c2cccc(C(N(CC)C[C@H]3CCCN3)N(CCc3ccc(O)cc3)c3nccc(-c4cccc(CN(C[C@@H]5CCCN5)S(C)(=O)=O)c4)n3)c2)n1. The predicted octanol–water partition coefficient (Wildman–Crippen LogP) is 10.8. The first kappa shape index (κ1) is 69.0. The van der Waals surface area contributed by atoms with E-state index in [1.807, 2.05) is 91.3 Å². The Morgan fingerprint density at radius 1 is 0.520 bits per heavy atom. The molecule has 12 rings (SSSR count). The molecule has 6 aromatic carbocycles. The van der Waals surface area contributed by atoms with E-state index in [9.17, 15) is 23.7 Å². The zero-order chi connectivity index (χ0) is 67.8. The van der Waals surface area contributed by atoms with Gasteiger partial charge >= 0.3 is 0 Å². The molecule has 0 aliphatic carbocycles. The van der Waals surface area contributed by atoms with E-state index in [1.165, 1.54) is 6.26 Å². The summed E-state index contributed by atoms with van der Waals surface area (Å²) in [6.45, 7) is 13.6. The Morgan fingerprint density at radius 2 is 1.04 bits per heavy atom. The summed E-state index contributed by atoms with van der Waals surface area (Å²) in [5, 5.41) is 45.2. The number of hydrogen-bond donors (Lipinski definition) is 7. The predicted molar refractivity (Wildman–Crippen MR) is 389 cm³/mol. The summed E-state index contributed by atoms with van der Waals surface area (Å²) >= 11 is 0. The first-order valence-electron chi connectivity index (χ1n) is 34.8. The highest BCUT2D eigenvalue weighted by Gasteiger charge is 2.34. The van der Waals surface area contributed by atoms with Gasteiger partial charge in [0.25, 0.3) is 0 Å². The molecule has 6 heterocycles. The molecule has 3 saturated heterocycles. The average molecular weight is 1340 g/mol. The molecule has 20 nitrogen and oxygen atoms in total. The van der Waals surface area contributed by atoms with E-state index in [1.54, 1.807) is 46.9 Å². The van der Waals surface area contributed by atoms with Crippen LogP contribution in [-0.4, -0.2) is 165 Å². The highest BCUT2D eigenvalue weighted by atomic mass is 32.2. The van der Waals surface area contributed by atoms with Crippen LogP contribution < -0.4 is 31.1 Å². The van der Waals surface area contributed by atoms with Crippen LogP contribution in [0.25, 0.3) is 33.8 Å². The van der Waals surface area contributed by atoms with Crippen molar-refractivity contribution in [3.8, 4) is 51.0 Å². The topological polar surface area (TPSA) is 236 Å². The van der Waals surface area contributed by atoms with Gasteiger partial charge in [-0.3, -0.25) is 9.80 Å². The number of sulfonamides is 1. The Kier molecular flexibility index (Phi) is 23.3. The number of anilines is 3. The number of aromatic hydroxyl groups is 3. The van der Waals surface area contributed by atoms with E-state index < -0.39 is 10.0 Å². The first-order valence-corrected chi connectivity index (χ1v) is 36.6. The van der Waals surface area contributed by atoms with Crippen LogP contribution in [-0.2, 0) is 35.8 Å². The lowest BCUT2D eigenvalue weighted by Crippen LogP contribution is -2.47. The molecule has 0 saturated carbocycles. The second kappa shape index (κ2) is 33.1. The van der Waals surface area contributed by atoms with Gasteiger partial charge in [0.15, 0.2) is 0 Å². The average Bonchev–Trinajstić information content (AvgIpc) is 0.873. The van der Waals surface area contributed by atoms with Crippen LogP contribution in [0.1, 0.15) is 91.7 Å². The van der Waals surface area contributed by atoms with E-state index >= 15 is 0 Å². The van der Waals surface area contributed by atoms with Crippen LogP contribution in [0.3, 0.4) is 0 Å². The second-order valence-electron chi connectivity index (χ2n) is 26.2. The van der Waals surface area contributed by atoms with Crippen molar-refractivity contribution in [2.24, 2.45) is 5.92 Å². The summed E-state index contributed by atoms with van der Waals surface area (Å²) in [5.41, 5.74) is 11.1. The fourth-order valence-corrected chi connectivity index (χ4v) is 14.9. The van der Waals surface area contributed by atoms with Gasteiger partial charge in [-0.25, -0.2) is 38.3 Å². The van der Waals surface area contributed by atoms with Crippen LogP contribution in [0.4, 0.5) is 17.8 Å². The molecule has 9 aromatic rings. The highest BCUT2D eigenvalue weighted by Crippen LogP contribution is 2.37. The first-order chi connectivity index (χ1) is 47.8. The Balaban J connectivity index is 0.922. The molecule has 0 bridgehead atoms. The molecule has 0 radical (unpaired) electrons. The van der Waals surface area contributed by atoms with Crippen LogP contribution in [0.2, 0.25) is 0 Å². The fourth-order valence-electron chi connectivity index (χ4n) is 14.0. The van der Waals surface area contributed by atoms with Gasteiger partial charge in [0, 0.05) is 93.2 Å². The molecule has 0 amide bonds. The Hall–Kier alpha value is -8.93. The third kappa shape index (κ3) is 18.2. The maximum atomic E-state index is 13.3. The molecule has 2 unspecified atom stereocenters. The summed E-state index contributed by atoms with van der Waals surface area (Å²) in [4.78, 5) is 40.8. The maximum Gasteiger partial charge on any atom is 0.227 e. The number of benzene rings is 6.